The maximum atomic E-state index is 5.51. The number of benzene rings is 1. The maximum Gasteiger partial charge on any atom is 0.209 e. The van der Waals surface area contributed by atoms with Crippen LogP contribution in [0.3, 0.4) is 0 Å². The highest BCUT2D eigenvalue weighted by molar-refractivity contribution is 5.32. The second-order valence-corrected chi connectivity index (χ2v) is 8.48. The van der Waals surface area contributed by atoms with Crippen LogP contribution in [-0.4, -0.2) is 53.5 Å². The minimum Gasteiger partial charge on any atom is -0.496 e. The van der Waals surface area contributed by atoms with E-state index in [0.717, 1.165) is 50.7 Å². The molecule has 7 nitrogen and oxygen atoms in total. The Hall–Kier alpha value is -1.99. The summed E-state index contributed by atoms with van der Waals surface area (Å²) in [6.45, 7) is 14.3. The number of hydrogen-bond donors (Lipinski definition) is 2. The van der Waals surface area contributed by atoms with Crippen molar-refractivity contribution in [2.24, 2.45) is 0 Å². The summed E-state index contributed by atoms with van der Waals surface area (Å²) in [5, 5.41) is 12.6. The Kier molecular flexibility index (Phi) is 6.11. The van der Waals surface area contributed by atoms with Crippen molar-refractivity contribution >= 4 is 0 Å². The first-order valence-corrected chi connectivity index (χ1v) is 10.0. The number of nitrogens with one attached hydrogen (secondary N) is 2. The molecule has 0 aliphatic carbocycles. The van der Waals surface area contributed by atoms with Crippen molar-refractivity contribution in [3.05, 3.63) is 35.7 Å². The zero-order valence-electron chi connectivity index (χ0n) is 17.3. The fourth-order valence-corrected chi connectivity index (χ4v) is 4.11. The average Bonchev–Trinajstić information content (AvgIpc) is 3.14. The molecule has 2 aromatic rings. The van der Waals surface area contributed by atoms with Gasteiger partial charge in [0.2, 0.25) is 5.82 Å². The lowest BCUT2D eigenvalue weighted by atomic mass is 10.1. The largest absolute Gasteiger partial charge is 0.496 e. The number of methoxy groups -OCH3 is 1. The lowest BCUT2D eigenvalue weighted by Crippen LogP contribution is -3.27. The third kappa shape index (κ3) is 4.47. The van der Waals surface area contributed by atoms with Crippen LogP contribution in [0.25, 0.3) is 0 Å². The molecule has 1 saturated heterocycles. The average molecular weight is 375 g/mol. The van der Waals surface area contributed by atoms with Gasteiger partial charge in [-0.2, -0.15) is 0 Å². The summed E-state index contributed by atoms with van der Waals surface area (Å²) < 4.78 is 7.52. The zero-order valence-corrected chi connectivity index (χ0v) is 17.3. The molecule has 0 radical (unpaired) electrons. The Labute approximate surface area is 162 Å². The lowest BCUT2D eigenvalue weighted by molar-refractivity contribution is -1.03. The second kappa shape index (κ2) is 8.35. The van der Waals surface area contributed by atoms with Crippen LogP contribution in [0.2, 0.25) is 0 Å². The van der Waals surface area contributed by atoms with E-state index < -0.39 is 0 Å². The summed E-state index contributed by atoms with van der Waals surface area (Å²) in [6, 6.07) is 8.71. The molecule has 27 heavy (non-hydrogen) atoms. The van der Waals surface area contributed by atoms with E-state index in [4.69, 9.17) is 4.74 Å². The monoisotopic (exact) mass is 374 g/mol. The summed E-state index contributed by atoms with van der Waals surface area (Å²) in [4.78, 5) is 3.22. The molecular formula is C20H34N6O+2. The number of aromatic nitrogens is 4. The maximum absolute atomic E-state index is 5.51. The highest BCUT2D eigenvalue weighted by Crippen LogP contribution is 2.19. The highest BCUT2D eigenvalue weighted by Gasteiger charge is 2.35. The smallest absolute Gasteiger partial charge is 0.209 e. The SMILES string of the molecule is CC[C@@H](c1nnnn1C(C)(C)C)[NH+]1CC[NH+](Cc2ccccc2OC)CC1. The lowest BCUT2D eigenvalue weighted by Gasteiger charge is -2.34. The standard InChI is InChI=1S/C20H32N6O/c1-6-17(19-21-22-23-26(19)20(2,3)4)25-13-11-24(12-14-25)15-16-9-7-8-10-18(16)27-5/h7-10,17H,6,11-15H2,1-5H3/p+2/t17-/m0/s1. The summed E-state index contributed by atoms with van der Waals surface area (Å²) in [5.74, 6) is 2.02. The van der Waals surface area contributed by atoms with Gasteiger partial charge < -0.3 is 14.5 Å². The summed E-state index contributed by atoms with van der Waals surface area (Å²) in [5.41, 5.74) is 1.20. The van der Waals surface area contributed by atoms with Gasteiger partial charge in [-0.15, -0.1) is 5.10 Å². The second-order valence-electron chi connectivity index (χ2n) is 8.48. The molecule has 0 amide bonds. The number of rotatable bonds is 6. The fraction of sp³-hybridized carbons (Fsp3) is 0.650. The van der Waals surface area contributed by atoms with Crippen LogP contribution < -0.4 is 14.5 Å². The number of ether oxygens (including phenoxy) is 1. The van der Waals surface area contributed by atoms with Gasteiger partial charge in [0.15, 0.2) is 0 Å². The van der Waals surface area contributed by atoms with Crippen molar-refractivity contribution in [2.45, 2.75) is 52.2 Å². The van der Waals surface area contributed by atoms with E-state index in [2.05, 4.69) is 61.4 Å². The number of piperazine rings is 1. The molecule has 1 atom stereocenters. The molecule has 1 aliphatic rings. The molecule has 0 unspecified atom stereocenters. The first-order chi connectivity index (χ1) is 12.9. The molecule has 2 heterocycles. The molecule has 0 spiro atoms. The van der Waals surface area contributed by atoms with E-state index >= 15 is 0 Å². The van der Waals surface area contributed by atoms with Crippen molar-refractivity contribution in [2.75, 3.05) is 33.3 Å². The minimum atomic E-state index is -0.0946. The molecule has 0 saturated carbocycles. The number of nitrogens with zero attached hydrogens (tertiary/aromatic N) is 4. The molecule has 1 aromatic carbocycles. The predicted molar refractivity (Wildman–Crippen MR) is 104 cm³/mol. The van der Waals surface area contributed by atoms with Gasteiger partial charge in [0.25, 0.3) is 0 Å². The van der Waals surface area contributed by atoms with E-state index in [0.29, 0.717) is 6.04 Å². The van der Waals surface area contributed by atoms with Gasteiger partial charge in [0.1, 0.15) is 44.5 Å². The molecule has 1 aliphatic heterocycles. The van der Waals surface area contributed by atoms with Crippen LogP contribution in [0.1, 0.15) is 51.5 Å². The third-order valence-corrected chi connectivity index (χ3v) is 5.57. The van der Waals surface area contributed by atoms with Crippen LogP contribution in [0.5, 0.6) is 5.75 Å². The summed E-state index contributed by atoms with van der Waals surface area (Å²) in [6.07, 6.45) is 1.05. The highest BCUT2D eigenvalue weighted by atomic mass is 16.5. The van der Waals surface area contributed by atoms with E-state index in [-0.39, 0.29) is 5.54 Å². The van der Waals surface area contributed by atoms with Crippen LogP contribution >= 0.6 is 0 Å². The Morgan fingerprint density at radius 1 is 1.15 bits per heavy atom. The van der Waals surface area contributed by atoms with Crippen molar-refractivity contribution in [3.8, 4) is 5.75 Å². The minimum absolute atomic E-state index is 0.0946. The Morgan fingerprint density at radius 2 is 1.85 bits per heavy atom. The van der Waals surface area contributed by atoms with Crippen LogP contribution in [0, 0.1) is 0 Å². The van der Waals surface area contributed by atoms with Gasteiger partial charge in [0, 0.05) is 12.0 Å². The summed E-state index contributed by atoms with van der Waals surface area (Å²) in [7, 11) is 1.75. The van der Waals surface area contributed by atoms with Crippen LogP contribution in [0.4, 0.5) is 0 Å². The van der Waals surface area contributed by atoms with Crippen molar-refractivity contribution < 1.29 is 14.5 Å². The predicted octanol–water partition coefficient (Wildman–Crippen LogP) is -0.129. The quantitative estimate of drug-likeness (QED) is 0.740. The Bertz CT molecular complexity index is 730. The zero-order chi connectivity index (χ0) is 19.4. The van der Waals surface area contributed by atoms with Crippen molar-refractivity contribution in [1.29, 1.82) is 0 Å². The number of para-hydroxylation sites is 1. The van der Waals surface area contributed by atoms with Gasteiger partial charge in [-0.1, -0.05) is 19.1 Å². The van der Waals surface area contributed by atoms with Gasteiger partial charge >= 0.3 is 0 Å². The fourth-order valence-electron chi connectivity index (χ4n) is 4.11. The molecule has 0 bridgehead atoms. The normalized spacial score (nSPS) is 21.8. The molecular weight excluding hydrogens is 340 g/mol. The van der Waals surface area contributed by atoms with Gasteiger partial charge in [-0.25, -0.2) is 4.68 Å². The van der Waals surface area contributed by atoms with Crippen LogP contribution in [0.15, 0.2) is 24.3 Å². The third-order valence-electron chi connectivity index (χ3n) is 5.57. The van der Waals surface area contributed by atoms with Gasteiger partial charge in [-0.3, -0.25) is 0 Å². The first kappa shape index (κ1) is 19.8. The van der Waals surface area contributed by atoms with E-state index in [1.54, 1.807) is 16.9 Å². The van der Waals surface area contributed by atoms with Gasteiger partial charge in [0.05, 0.1) is 12.6 Å². The molecule has 7 heteroatoms. The van der Waals surface area contributed by atoms with Gasteiger partial charge in [-0.05, 0) is 43.3 Å². The Balaban J connectivity index is 1.65. The van der Waals surface area contributed by atoms with Crippen LogP contribution in [-0.2, 0) is 12.1 Å². The van der Waals surface area contributed by atoms with E-state index in [9.17, 15) is 0 Å². The molecule has 1 fully saturated rings. The number of tetrazole rings is 1. The molecule has 2 N–H and O–H groups in total. The topological polar surface area (TPSA) is 61.7 Å². The van der Waals surface area contributed by atoms with E-state index in [1.807, 2.05) is 10.7 Å². The summed E-state index contributed by atoms with van der Waals surface area (Å²) >= 11 is 0. The molecule has 148 valence electrons. The first-order valence-electron chi connectivity index (χ1n) is 10.0. The number of hydrogen-bond acceptors (Lipinski definition) is 4. The number of quaternary nitrogens is 2. The van der Waals surface area contributed by atoms with Crippen molar-refractivity contribution in [3.63, 3.8) is 0 Å². The Morgan fingerprint density at radius 3 is 2.48 bits per heavy atom. The molecule has 1 aromatic heterocycles. The van der Waals surface area contributed by atoms with Crippen molar-refractivity contribution in [1.82, 2.24) is 20.2 Å². The molecule has 3 rings (SSSR count). The van der Waals surface area contributed by atoms with E-state index in [1.165, 1.54) is 5.56 Å².